The molecule has 2 amide bonds. The summed E-state index contributed by atoms with van der Waals surface area (Å²) in [6.07, 6.45) is 0.944. The van der Waals surface area contributed by atoms with Crippen LogP contribution >= 0.6 is 11.5 Å². The van der Waals surface area contributed by atoms with Crippen molar-refractivity contribution < 1.29 is 9.59 Å². The van der Waals surface area contributed by atoms with Gasteiger partial charge < -0.3 is 9.80 Å². The fourth-order valence-corrected chi connectivity index (χ4v) is 3.74. The minimum Gasteiger partial charge on any atom is -0.340 e. The van der Waals surface area contributed by atoms with Gasteiger partial charge in [0.2, 0.25) is 5.91 Å². The molecule has 1 aromatic carbocycles. The molecule has 3 heterocycles. The maximum absolute atomic E-state index is 12.8. The number of carbonyl (C=O) groups is 2. The molecule has 1 N–H and O–H groups in total. The number of rotatable bonds is 5. The first-order valence-electron chi connectivity index (χ1n) is 8.94. The van der Waals surface area contributed by atoms with E-state index in [2.05, 4.69) is 25.1 Å². The molecule has 1 unspecified atom stereocenters. The number of likely N-dealkylation sites (N-methyl/N-ethyl adjacent to an activating group) is 1. The summed E-state index contributed by atoms with van der Waals surface area (Å²) >= 11 is 1.22. The number of nitrogens with zero attached hydrogens (tertiary/aromatic N) is 7. The van der Waals surface area contributed by atoms with Crippen LogP contribution in [0.15, 0.2) is 34.4 Å². The van der Waals surface area contributed by atoms with Crippen molar-refractivity contribution in [3.05, 3.63) is 51.4 Å². The minimum atomic E-state index is -0.453. The number of tetrazole rings is 1. The van der Waals surface area contributed by atoms with E-state index >= 15 is 0 Å². The van der Waals surface area contributed by atoms with Crippen LogP contribution in [0, 0.1) is 0 Å². The second-order valence-electron chi connectivity index (χ2n) is 6.74. The molecule has 1 atom stereocenters. The highest BCUT2D eigenvalue weighted by atomic mass is 32.1. The van der Waals surface area contributed by atoms with Gasteiger partial charge in [-0.05, 0) is 52.6 Å². The van der Waals surface area contributed by atoms with Gasteiger partial charge in [-0.25, -0.2) is 9.89 Å². The van der Waals surface area contributed by atoms with Crippen LogP contribution < -0.4 is 5.69 Å². The summed E-state index contributed by atoms with van der Waals surface area (Å²) in [6, 6.07) is 6.50. The second-order valence-corrected chi connectivity index (χ2v) is 7.35. The highest BCUT2D eigenvalue weighted by Crippen LogP contribution is 2.18. The van der Waals surface area contributed by atoms with Gasteiger partial charge in [-0.2, -0.15) is 4.68 Å². The summed E-state index contributed by atoms with van der Waals surface area (Å²) < 4.78 is 4.88. The zero-order chi connectivity index (χ0) is 20.4. The molecule has 0 saturated carbocycles. The lowest BCUT2D eigenvalue weighted by Gasteiger charge is -2.25. The SMILES string of the molecule is CN(C(=O)c1ccc(-n2nn[nH]c2=O)cc1)C1CCN(C(=O)Cc2csnn2)C1. The van der Waals surface area contributed by atoms with Crippen molar-refractivity contribution in [3.63, 3.8) is 0 Å². The first-order chi connectivity index (χ1) is 14.0. The lowest BCUT2D eigenvalue weighted by Crippen LogP contribution is -2.40. The van der Waals surface area contributed by atoms with Gasteiger partial charge in [0.1, 0.15) is 0 Å². The van der Waals surface area contributed by atoms with E-state index in [9.17, 15) is 14.4 Å². The lowest BCUT2D eigenvalue weighted by molar-refractivity contribution is -0.129. The Kier molecular flexibility index (Phi) is 5.16. The normalized spacial score (nSPS) is 16.2. The molecule has 4 rings (SSSR count). The first kappa shape index (κ1) is 18.9. The molecule has 12 heteroatoms. The third-order valence-corrected chi connectivity index (χ3v) is 5.51. The van der Waals surface area contributed by atoms with Gasteiger partial charge in [-0.15, -0.1) is 5.10 Å². The van der Waals surface area contributed by atoms with E-state index in [0.717, 1.165) is 11.1 Å². The number of hydrogen-bond acceptors (Lipinski definition) is 8. The topological polar surface area (TPSA) is 130 Å². The molecule has 0 bridgehead atoms. The van der Waals surface area contributed by atoms with Crippen molar-refractivity contribution in [2.24, 2.45) is 0 Å². The van der Waals surface area contributed by atoms with Crippen molar-refractivity contribution in [3.8, 4) is 5.69 Å². The molecule has 0 aliphatic carbocycles. The first-order valence-corrected chi connectivity index (χ1v) is 9.78. The fraction of sp³-hybridized carbons (Fsp3) is 0.353. The highest BCUT2D eigenvalue weighted by molar-refractivity contribution is 7.03. The number of aromatic amines is 1. The van der Waals surface area contributed by atoms with Crippen LogP contribution in [-0.4, -0.2) is 77.6 Å². The van der Waals surface area contributed by atoms with Crippen molar-refractivity contribution in [1.82, 2.24) is 39.6 Å². The van der Waals surface area contributed by atoms with Crippen LogP contribution in [-0.2, 0) is 11.2 Å². The molecule has 29 heavy (non-hydrogen) atoms. The van der Waals surface area contributed by atoms with E-state index in [1.807, 2.05) is 0 Å². The Labute approximate surface area is 169 Å². The van der Waals surface area contributed by atoms with Crippen molar-refractivity contribution >= 4 is 23.3 Å². The van der Waals surface area contributed by atoms with Crippen molar-refractivity contribution in [2.75, 3.05) is 20.1 Å². The number of benzene rings is 1. The Morgan fingerprint density at radius 2 is 2.10 bits per heavy atom. The second kappa shape index (κ2) is 7.91. The third kappa shape index (κ3) is 3.92. The standard InChI is InChI=1S/C17H18N8O3S/c1-23(14-6-7-24(9-14)15(26)8-12-10-29-22-18-12)16(27)11-2-4-13(5-3-11)25-17(28)19-20-21-25/h2-5,10,14H,6-9H2,1H3,(H,19,21,28). The van der Waals surface area contributed by atoms with Gasteiger partial charge in [0.15, 0.2) is 0 Å². The Bertz CT molecular complexity index is 1060. The molecule has 2 aromatic heterocycles. The van der Waals surface area contributed by atoms with Crippen LogP contribution in [0.4, 0.5) is 0 Å². The van der Waals surface area contributed by atoms with Gasteiger partial charge in [0, 0.05) is 31.1 Å². The van der Waals surface area contributed by atoms with Gasteiger partial charge in [0.25, 0.3) is 5.91 Å². The zero-order valence-corrected chi connectivity index (χ0v) is 16.4. The quantitative estimate of drug-likeness (QED) is 0.608. The third-order valence-electron chi connectivity index (χ3n) is 4.95. The smallest absolute Gasteiger partial charge is 0.340 e. The molecule has 1 aliphatic rings. The molecule has 1 saturated heterocycles. The maximum Gasteiger partial charge on any atom is 0.365 e. The fourth-order valence-electron chi connectivity index (χ4n) is 3.29. The van der Waals surface area contributed by atoms with Gasteiger partial charge >= 0.3 is 5.69 Å². The van der Waals surface area contributed by atoms with Crippen molar-refractivity contribution in [2.45, 2.75) is 18.9 Å². The Morgan fingerprint density at radius 1 is 1.31 bits per heavy atom. The zero-order valence-electron chi connectivity index (χ0n) is 15.6. The number of nitrogens with one attached hydrogen (secondary N) is 1. The van der Waals surface area contributed by atoms with Crippen LogP contribution in [0.2, 0.25) is 0 Å². The molecule has 3 aromatic rings. The number of amides is 2. The van der Waals surface area contributed by atoms with E-state index in [4.69, 9.17) is 0 Å². The number of H-pyrrole nitrogens is 1. The van der Waals surface area contributed by atoms with E-state index in [-0.39, 0.29) is 24.3 Å². The van der Waals surface area contributed by atoms with E-state index in [1.165, 1.54) is 11.5 Å². The Morgan fingerprint density at radius 3 is 2.76 bits per heavy atom. The molecule has 0 radical (unpaired) electrons. The summed E-state index contributed by atoms with van der Waals surface area (Å²) in [6.45, 7) is 1.09. The molecular formula is C17H18N8O3S. The average molecular weight is 414 g/mol. The number of hydrogen-bond donors (Lipinski definition) is 1. The number of carbonyl (C=O) groups excluding carboxylic acids is 2. The number of likely N-dealkylation sites (tertiary alicyclic amines) is 1. The molecular weight excluding hydrogens is 396 g/mol. The van der Waals surface area contributed by atoms with Crippen LogP contribution in [0.3, 0.4) is 0 Å². The van der Waals surface area contributed by atoms with E-state index in [1.54, 1.807) is 46.5 Å². The van der Waals surface area contributed by atoms with Crippen LogP contribution in [0.25, 0.3) is 5.69 Å². The van der Waals surface area contributed by atoms with Gasteiger partial charge in [-0.1, -0.05) is 4.49 Å². The summed E-state index contributed by atoms with van der Waals surface area (Å²) in [7, 11) is 1.74. The molecule has 11 nitrogen and oxygen atoms in total. The van der Waals surface area contributed by atoms with Crippen LogP contribution in [0.1, 0.15) is 22.5 Å². The summed E-state index contributed by atoms with van der Waals surface area (Å²) in [5, 5.41) is 15.0. The monoisotopic (exact) mass is 414 g/mol. The molecule has 0 spiro atoms. The predicted molar refractivity (Wildman–Crippen MR) is 103 cm³/mol. The summed E-state index contributed by atoms with van der Waals surface area (Å²) in [5.41, 5.74) is 1.22. The highest BCUT2D eigenvalue weighted by Gasteiger charge is 2.31. The minimum absolute atomic E-state index is 0.0107. The molecule has 1 aliphatic heterocycles. The van der Waals surface area contributed by atoms with Gasteiger partial charge in [0.05, 0.1) is 23.8 Å². The molecule has 1 fully saturated rings. The number of aromatic nitrogens is 6. The van der Waals surface area contributed by atoms with Crippen molar-refractivity contribution in [1.29, 1.82) is 0 Å². The summed E-state index contributed by atoms with van der Waals surface area (Å²) in [4.78, 5) is 40.2. The largest absolute Gasteiger partial charge is 0.365 e. The average Bonchev–Trinajstić information content (AvgIpc) is 3.49. The van der Waals surface area contributed by atoms with E-state index < -0.39 is 5.69 Å². The maximum atomic E-state index is 12.8. The van der Waals surface area contributed by atoms with Gasteiger partial charge in [-0.3, -0.25) is 9.59 Å². The predicted octanol–water partition coefficient (Wildman–Crippen LogP) is -0.277. The molecule has 150 valence electrons. The van der Waals surface area contributed by atoms with E-state index in [0.29, 0.717) is 30.0 Å². The summed E-state index contributed by atoms with van der Waals surface area (Å²) in [5.74, 6) is -0.157. The Hall–Kier alpha value is -3.41. The lowest BCUT2D eigenvalue weighted by atomic mass is 10.1. The Balaban J connectivity index is 1.38. The van der Waals surface area contributed by atoms with Crippen LogP contribution in [0.5, 0.6) is 0 Å².